The van der Waals surface area contributed by atoms with Crippen molar-refractivity contribution in [1.82, 2.24) is 9.97 Å². The summed E-state index contributed by atoms with van der Waals surface area (Å²) in [5.74, 6) is 2.04. The van der Waals surface area contributed by atoms with Crippen molar-refractivity contribution in [2.45, 2.75) is 65.4 Å². The number of hydrogen-bond donors (Lipinski definition) is 1. The molecule has 1 N–H and O–H groups in total. The number of carbonyl (C=O) groups is 1. The molecule has 9 nitrogen and oxygen atoms in total. The third-order valence-corrected chi connectivity index (χ3v) is 6.80. The molecule has 0 saturated heterocycles. The van der Waals surface area contributed by atoms with Gasteiger partial charge in [0.1, 0.15) is 11.4 Å². The predicted molar refractivity (Wildman–Crippen MR) is 158 cm³/mol. The maximum Gasteiger partial charge on any atom is 0.292 e. The molecule has 3 rings (SSSR count). The van der Waals surface area contributed by atoms with Crippen molar-refractivity contribution < 1.29 is 14.6 Å². The van der Waals surface area contributed by atoms with Crippen LogP contribution in [0.25, 0.3) is 0 Å². The molecule has 2 unspecified atom stereocenters. The number of aliphatic hydroxyl groups is 1. The van der Waals surface area contributed by atoms with E-state index >= 15 is 0 Å². The van der Waals surface area contributed by atoms with Gasteiger partial charge in [-0.05, 0) is 76.0 Å². The minimum absolute atomic E-state index is 0.375. The van der Waals surface area contributed by atoms with Crippen LogP contribution in [0.15, 0.2) is 42.9 Å². The standard InChI is InChI=1S/C28H39N5O.C2H4O2.CHN/c1-6-7-13-33(25-15-22(16-29)12-11-21(25)2)20-24-10-8-9-23(14-24)19-32(5)27-18-30-26(17-31-27)28(3,4)34;1-4-2-3;1-2/h7,11-13,15,17-18,23-24,34H,6,8-10,14,19-20H2,1-5H3;2H,1H3;1H/b13-7-;;. The lowest BCUT2D eigenvalue weighted by Crippen LogP contribution is -2.33. The molecule has 1 heterocycles. The van der Waals surface area contributed by atoms with Gasteiger partial charge in [-0.1, -0.05) is 25.5 Å². The number of benzene rings is 1. The lowest BCUT2D eigenvalue weighted by atomic mass is 9.80. The Kier molecular flexibility index (Phi) is 15.0. The summed E-state index contributed by atoms with van der Waals surface area (Å²) in [5.41, 5.74) is 2.63. The molecule has 1 aromatic carbocycles. The van der Waals surface area contributed by atoms with Gasteiger partial charge in [0.2, 0.25) is 0 Å². The highest BCUT2D eigenvalue weighted by Crippen LogP contribution is 2.33. The van der Waals surface area contributed by atoms with Crippen molar-refractivity contribution in [2.75, 3.05) is 37.0 Å². The Bertz CT molecular complexity index is 1120. The number of methoxy groups -OCH3 is 1. The molecule has 2 atom stereocenters. The number of anilines is 2. The SMILES string of the molecule is C#N.CC/C=C\N(CC1CCCC(CN(C)c2cnc(C(C)(C)O)cn2)C1)c1cc(C#N)ccc1C.COC=O. The van der Waals surface area contributed by atoms with Crippen LogP contribution in [-0.4, -0.2) is 48.8 Å². The molecule has 0 aliphatic heterocycles. The van der Waals surface area contributed by atoms with Gasteiger partial charge in [0.25, 0.3) is 6.47 Å². The fraction of sp³-hybridized carbons (Fsp3) is 0.516. The van der Waals surface area contributed by atoms with Gasteiger partial charge < -0.3 is 19.6 Å². The lowest BCUT2D eigenvalue weighted by Gasteiger charge is -2.35. The van der Waals surface area contributed by atoms with Gasteiger partial charge in [0, 0.05) is 38.6 Å². The van der Waals surface area contributed by atoms with Crippen LogP contribution < -0.4 is 9.80 Å². The van der Waals surface area contributed by atoms with Gasteiger partial charge in [-0.15, -0.1) is 0 Å². The summed E-state index contributed by atoms with van der Waals surface area (Å²) in [6.07, 6.45) is 13.7. The molecule has 0 radical (unpaired) electrons. The maximum atomic E-state index is 10.1. The highest BCUT2D eigenvalue weighted by Gasteiger charge is 2.26. The van der Waals surface area contributed by atoms with Crippen LogP contribution in [0.3, 0.4) is 0 Å². The Morgan fingerprint density at radius 3 is 2.38 bits per heavy atom. The van der Waals surface area contributed by atoms with E-state index in [9.17, 15) is 10.4 Å². The summed E-state index contributed by atoms with van der Waals surface area (Å²) in [7, 11) is 3.39. The number of aryl methyl sites for hydroxylation is 1. The smallest absolute Gasteiger partial charge is 0.292 e. The van der Waals surface area contributed by atoms with Crippen LogP contribution >= 0.6 is 0 Å². The van der Waals surface area contributed by atoms with Crippen LogP contribution in [0.5, 0.6) is 0 Å². The Morgan fingerprint density at radius 1 is 1.20 bits per heavy atom. The second-order valence-corrected chi connectivity index (χ2v) is 10.5. The summed E-state index contributed by atoms with van der Waals surface area (Å²) in [5, 5.41) is 26.0. The van der Waals surface area contributed by atoms with Gasteiger partial charge in [-0.2, -0.15) is 5.26 Å². The van der Waals surface area contributed by atoms with E-state index in [-0.39, 0.29) is 0 Å². The van der Waals surface area contributed by atoms with E-state index in [0.717, 1.165) is 31.0 Å². The van der Waals surface area contributed by atoms with E-state index in [4.69, 9.17) is 10.1 Å². The summed E-state index contributed by atoms with van der Waals surface area (Å²) in [4.78, 5) is 22.4. The fourth-order valence-electron chi connectivity index (χ4n) is 4.79. The van der Waals surface area contributed by atoms with E-state index < -0.39 is 5.60 Å². The topological polar surface area (TPSA) is 126 Å². The largest absolute Gasteiger partial charge is 0.471 e. The van der Waals surface area contributed by atoms with Crippen molar-refractivity contribution in [3.8, 4) is 12.6 Å². The maximum absolute atomic E-state index is 10.1. The van der Waals surface area contributed by atoms with Gasteiger partial charge in [-0.3, -0.25) is 9.78 Å². The van der Waals surface area contributed by atoms with Crippen LogP contribution in [0.2, 0.25) is 0 Å². The first-order chi connectivity index (χ1) is 19.1. The second-order valence-electron chi connectivity index (χ2n) is 10.5. The van der Waals surface area contributed by atoms with Gasteiger partial charge >= 0.3 is 0 Å². The van der Waals surface area contributed by atoms with Crippen LogP contribution in [0.4, 0.5) is 11.5 Å². The van der Waals surface area contributed by atoms with Crippen molar-refractivity contribution in [2.24, 2.45) is 11.8 Å². The molecule has 0 amide bonds. The molecule has 1 saturated carbocycles. The van der Waals surface area contributed by atoms with Gasteiger partial charge in [0.15, 0.2) is 0 Å². The second kappa shape index (κ2) is 17.6. The Balaban J connectivity index is 0.00000122. The van der Waals surface area contributed by atoms with Crippen LogP contribution in [0.1, 0.15) is 69.7 Å². The number of rotatable bonds is 10. The first-order valence-electron chi connectivity index (χ1n) is 13.5. The highest BCUT2D eigenvalue weighted by molar-refractivity contribution is 5.59. The fourth-order valence-corrected chi connectivity index (χ4v) is 4.79. The van der Waals surface area contributed by atoms with E-state index in [0.29, 0.717) is 29.6 Å². The van der Waals surface area contributed by atoms with Crippen molar-refractivity contribution in [3.05, 3.63) is 59.7 Å². The molecule has 40 heavy (non-hydrogen) atoms. The summed E-state index contributed by atoms with van der Waals surface area (Å²) >= 11 is 0. The van der Waals surface area contributed by atoms with E-state index in [1.807, 2.05) is 18.2 Å². The zero-order valence-electron chi connectivity index (χ0n) is 24.7. The number of aromatic nitrogens is 2. The van der Waals surface area contributed by atoms with E-state index in [2.05, 4.69) is 70.3 Å². The molecule has 1 aliphatic carbocycles. The average molecular weight is 549 g/mol. The van der Waals surface area contributed by atoms with Crippen molar-refractivity contribution in [3.63, 3.8) is 0 Å². The molecule has 1 fully saturated rings. The van der Waals surface area contributed by atoms with Gasteiger partial charge in [-0.25, -0.2) is 10.2 Å². The number of allylic oxidation sites excluding steroid dienone is 1. The summed E-state index contributed by atoms with van der Waals surface area (Å²) < 4.78 is 3.86. The zero-order valence-corrected chi connectivity index (χ0v) is 24.7. The Labute approximate surface area is 239 Å². The van der Waals surface area contributed by atoms with Gasteiger partial charge in [0.05, 0.1) is 36.8 Å². The summed E-state index contributed by atoms with van der Waals surface area (Å²) in [6, 6.07) is 8.24. The summed E-state index contributed by atoms with van der Waals surface area (Å²) in [6.45, 7) is 13.5. The third kappa shape index (κ3) is 11.0. The molecule has 1 aromatic heterocycles. The number of ether oxygens (including phenoxy) is 1. The minimum atomic E-state index is -0.982. The third-order valence-electron chi connectivity index (χ3n) is 6.80. The molecule has 9 heteroatoms. The molecular weight excluding hydrogens is 504 g/mol. The normalized spacial score (nSPS) is 16.4. The molecule has 0 bridgehead atoms. The Hall–Kier alpha value is -3.95. The average Bonchev–Trinajstić information content (AvgIpc) is 2.96. The number of hydrogen-bond acceptors (Lipinski definition) is 9. The Morgan fingerprint density at radius 2 is 1.85 bits per heavy atom. The highest BCUT2D eigenvalue weighted by atomic mass is 16.5. The molecule has 0 spiro atoms. The molecular formula is C31H44N6O3. The number of nitriles is 2. The van der Waals surface area contributed by atoms with Crippen LogP contribution in [0, 0.1) is 41.9 Å². The monoisotopic (exact) mass is 548 g/mol. The number of carbonyl (C=O) groups excluding carboxylic acids is 1. The molecule has 2 aromatic rings. The molecule has 1 aliphatic rings. The first kappa shape index (κ1) is 34.1. The van der Waals surface area contributed by atoms with Crippen molar-refractivity contribution >= 4 is 18.0 Å². The van der Waals surface area contributed by atoms with Crippen molar-refractivity contribution in [1.29, 1.82) is 10.5 Å². The van der Waals surface area contributed by atoms with E-state index in [1.54, 1.807) is 26.2 Å². The minimum Gasteiger partial charge on any atom is -0.471 e. The first-order valence-corrected chi connectivity index (χ1v) is 13.5. The molecule has 216 valence electrons. The number of nitrogens with zero attached hydrogens (tertiary/aromatic N) is 6. The van der Waals surface area contributed by atoms with E-state index in [1.165, 1.54) is 38.4 Å². The van der Waals surface area contributed by atoms with Crippen LogP contribution in [-0.2, 0) is 15.1 Å². The predicted octanol–water partition coefficient (Wildman–Crippen LogP) is 5.49. The quantitative estimate of drug-likeness (QED) is 0.384. The lowest BCUT2D eigenvalue weighted by molar-refractivity contribution is -0.126. The zero-order chi connectivity index (χ0) is 30.1.